The molecular formula is C12H17FN2OS. The van der Waals surface area contributed by atoms with Crippen molar-refractivity contribution in [3.8, 4) is 0 Å². The Morgan fingerprint density at radius 1 is 1.59 bits per heavy atom. The molecule has 3 N–H and O–H groups in total. The molecular weight excluding hydrogens is 239 g/mol. The van der Waals surface area contributed by atoms with Crippen LogP contribution in [0.4, 0.5) is 10.1 Å². The number of halogens is 1. The molecule has 0 aliphatic carbocycles. The Bertz CT molecular complexity index is 409. The number of hydrogen-bond acceptors (Lipinski definition) is 3. The molecule has 1 aromatic rings. The molecule has 0 heterocycles. The van der Waals surface area contributed by atoms with Gasteiger partial charge in [-0.1, -0.05) is 12.2 Å². The zero-order valence-corrected chi connectivity index (χ0v) is 10.8. The zero-order chi connectivity index (χ0) is 13.0. The summed E-state index contributed by atoms with van der Waals surface area (Å²) in [5, 5.41) is 9.23. The van der Waals surface area contributed by atoms with E-state index in [-0.39, 0.29) is 16.9 Å². The molecule has 0 fully saturated rings. The minimum Gasteiger partial charge on any atom is -0.393 e. The fourth-order valence-corrected chi connectivity index (χ4v) is 1.70. The number of nitrogens with two attached hydrogens (primary N) is 1. The zero-order valence-electron chi connectivity index (χ0n) is 9.98. The Kier molecular flexibility index (Phi) is 4.84. The molecule has 0 bridgehead atoms. The number of hydrogen-bond donors (Lipinski definition) is 2. The molecule has 3 nitrogen and oxygen atoms in total. The summed E-state index contributed by atoms with van der Waals surface area (Å²) in [6, 6.07) is 4.35. The standard InChI is InChI=1S/C12H17FN2OS/c1-8(16)5-6-15(2)11-4-3-9(13)7-10(11)12(14)17/h3-4,7-8,16H,5-6H2,1-2H3,(H2,14,17). The van der Waals surface area contributed by atoms with Gasteiger partial charge in [0, 0.05) is 24.8 Å². The van der Waals surface area contributed by atoms with Crippen LogP contribution in [0.2, 0.25) is 0 Å². The average Bonchev–Trinajstić information content (AvgIpc) is 2.25. The highest BCUT2D eigenvalue weighted by Crippen LogP contribution is 2.21. The maximum absolute atomic E-state index is 13.1. The number of aliphatic hydroxyl groups excluding tert-OH is 1. The van der Waals surface area contributed by atoms with Crippen molar-refractivity contribution in [2.24, 2.45) is 5.73 Å². The SMILES string of the molecule is CC(O)CCN(C)c1ccc(F)cc1C(N)=S. The normalized spacial score (nSPS) is 12.2. The molecule has 0 aromatic heterocycles. The van der Waals surface area contributed by atoms with E-state index in [1.165, 1.54) is 12.1 Å². The maximum Gasteiger partial charge on any atom is 0.124 e. The van der Waals surface area contributed by atoms with E-state index < -0.39 is 0 Å². The van der Waals surface area contributed by atoms with E-state index in [0.29, 0.717) is 18.5 Å². The van der Waals surface area contributed by atoms with E-state index >= 15 is 0 Å². The number of benzene rings is 1. The lowest BCUT2D eigenvalue weighted by molar-refractivity contribution is 0.187. The molecule has 1 aromatic carbocycles. The monoisotopic (exact) mass is 256 g/mol. The first-order chi connectivity index (χ1) is 7.91. The van der Waals surface area contributed by atoms with Gasteiger partial charge in [-0.15, -0.1) is 0 Å². The summed E-state index contributed by atoms with van der Waals surface area (Å²) in [6.07, 6.45) is 0.260. The molecule has 1 rings (SSSR count). The molecule has 0 amide bonds. The summed E-state index contributed by atoms with van der Waals surface area (Å²) in [5.41, 5.74) is 6.86. The van der Waals surface area contributed by atoms with Gasteiger partial charge >= 0.3 is 0 Å². The topological polar surface area (TPSA) is 49.5 Å². The van der Waals surface area contributed by atoms with Crippen molar-refractivity contribution in [3.63, 3.8) is 0 Å². The van der Waals surface area contributed by atoms with E-state index in [9.17, 15) is 9.50 Å². The summed E-state index contributed by atoms with van der Waals surface area (Å²) >= 11 is 4.90. The van der Waals surface area contributed by atoms with Gasteiger partial charge in [-0.2, -0.15) is 0 Å². The van der Waals surface area contributed by atoms with Crippen LogP contribution in [0.3, 0.4) is 0 Å². The number of aliphatic hydroxyl groups is 1. The fourth-order valence-electron chi connectivity index (χ4n) is 1.54. The van der Waals surface area contributed by atoms with Gasteiger partial charge in [-0.05, 0) is 31.5 Å². The smallest absolute Gasteiger partial charge is 0.124 e. The molecule has 0 aliphatic rings. The lowest BCUT2D eigenvalue weighted by atomic mass is 10.1. The summed E-state index contributed by atoms with van der Waals surface area (Å²) in [4.78, 5) is 2.07. The number of anilines is 1. The molecule has 0 saturated heterocycles. The second-order valence-corrected chi connectivity index (χ2v) is 4.52. The molecule has 94 valence electrons. The van der Waals surface area contributed by atoms with Gasteiger partial charge < -0.3 is 15.7 Å². The van der Waals surface area contributed by atoms with Gasteiger partial charge in [0.1, 0.15) is 10.8 Å². The Morgan fingerprint density at radius 2 is 2.24 bits per heavy atom. The number of thiocarbonyl (C=S) groups is 1. The fraction of sp³-hybridized carbons (Fsp3) is 0.417. The quantitative estimate of drug-likeness (QED) is 0.787. The first-order valence-corrected chi connectivity index (χ1v) is 5.81. The van der Waals surface area contributed by atoms with Gasteiger partial charge in [0.15, 0.2) is 0 Å². The first-order valence-electron chi connectivity index (χ1n) is 5.40. The second kappa shape index (κ2) is 5.93. The summed E-state index contributed by atoms with van der Waals surface area (Å²) in [7, 11) is 1.86. The molecule has 0 aliphatic heterocycles. The maximum atomic E-state index is 13.1. The average molecular weight is 256 g/mol. The van der Waals surface area contributed by atoms with Gasteiger partial charge in [0.05, 0.1) is 6.10 Å². The van der Waals surface area contributed by atoms with Crippen LogP contribution in [0, 0.1) is 5.82 Å². The Balaban J connectivity index is 2.92. The molecule has 17 heavy (non-hydrogen) atoms. The Hall–Kier alpha value is -1.20. The molecule has 0 spiro atoms. The molecule has 0 radical (unpaired) electrons. The summed E-state index contributed by atoms with van der Waals surface area (Å²) < 4.78 is 13.1. The van der Waals surface area contributed by atoms with Crippen molar-refractivity contribution in [2.75, 3.05) is 18.5 Å². The summed E-state index contributed by atoms with van der Waals surface area (Å²) in [5.74, 6) is -0.361. The van der Waals surface area contributed by atoms with Crippen LogP contribution < -0.4 is 10.6 Å². The highest BCUT2D eigenvalue weighted by molar-refractivity contribution is 7.80. The predicted molar refractivity (Wildman–Crippen MR) is 71.9 cm³/mol. The van der Waals surface area contributed by atoms with E-state index in [4.69, 9.17) is 18.0 Å². The third-order valence-electron chi connectivity index (χ3n) is 2.52. The van der Waals surface area contributed by atoms with Gasteiger partial charge in [0.25, 0.3) is 0 Å². The van der Waals surface area contributed by atoms with Crippen molar-refractivity contribution in [3.05, 3.63) is 29.6 Å². The molecule has 1 atom stereocenters. The van der Waals surface area contributed by atoms with Crippen LogP contribution in [0.25, 0.3) is 0 Å². The minimum absolute atomic E-state index is 0.170. The molecule has 0 saturated carbocycles. The lowest BCUT2D eigenvalue weighted by Crippen LogP contribution is -2.25. The van der Waals surface area contributed by atoms with Crippen molar-refractivity contribution in [1.82, 2.24) is 0 Å². The second-order valence-electron chi connectivity index (χ2n) is 4.08. The van der Waals surface area contributed by atoms with Crippen molar-refractivity contribution >= 4 is 22.9 Å². The third-order valence-corrected chi connectivity index (χ3v) is 2.74. The Labute approximate surface area is 106 Å². The van der Waals surface area contributed by atoms with Crippen LogP contribution in [-0.4, -0.2) is 29.8 Å². The predicted octanol–water partition coefficient (Wildman–Crippen LogP) is 1.67. The van der Waals surface area contributed by atoms with Crippen molar-refractivity contribution < 1.29 is 9.50 Å². The first kappa shape index (κ1) is 13.9. The molecule has 1 unspecified atom stereocenters. The van der Waals surface area contributed by atoms with Crippen molar-refractivity contribution in [1.29, 1.82) is 0 Å². The van der Waals surface area contributed by atoms with Gasteiger partial charge in [-0.3, -0.25) is 0 Å². The largest absolute Gasteiger partial charge is 0.393 e. The molecule has 5 heteroatoms. The van der Waals surface area contributed by atoms with Crippen LogP contribution in [0.5, 0.6) is 0 Å². The highest BCUT2D eigenvalue weighted by Gasteiger charge is 2.11. The van der Waals surface area contributed by atoms with E-state index in [1.807, 2.05) is 11.9 Å². The Morgan fingerprint density at radius 3 is 2.76 bits per heavy atom. The van der Waals surface area contributed by atoms with E-state index in [1.54, 1.807) is 13.0 Å². The summed E-state index contributed by atoms with van der Waals surface area (Å²) in [6.45, 7) is 2.38. The third kappa shape index (κ3) is 3.94. The van der Waals surface area contributed by atoms with Crippen molar-refractivity contribution in [2.45, 2.75) is 19.4 Å². The van der Waals surface area contributed by atoms with Crippen LogP contribution in [0.15, 0.2) is 18.2 Å². The highest BCUT2D eigenvalue weighted by atomic mass is 32.1. The minimum atomic E-state index is -0.369. The van der Waals surface area contributed by atoms with Gasteiger partial charge in [-0.25, -0.2) is 4.39 Å². The van der Waals surface area contributed by atoms with Crippen LogP contribution >= 0.6 is 12.2 Å². The lowest BCUT2D eigenvalue weighted by Gasteiger charge is -2.22. The van der Waals surface area contributed by atoms with Crippen LogP contribution in [-0.2, 0) is 0 Å². The van der Waals surface area contributed by atoms with E-state index in [2.05, 4.69) is 0 Å². The van der Waals surface area contributed by atoms with Gasteiger partial charge in [0.2, 0.25) is 0 Å². The number of nitrogens with zero attached hydrogens (tertiary/aromatic N) is 1. The van der Waals surface area contributed by atoms with Crippen LogP contribution in [0.1, 0.15) is 18.9 Å². The number of rotatable bonds is 5. The van der Waals surface area contributed by atoms with E-state index in [0.717, 1.165) is 5.69 Å².